The number of nitrogens with two attached hydrogens (primary N) is 1. The largest absolute Gasteiger partial charge is 0.453 e. The smallest absolute Gasteiger partial charge is 0.414 e. The lowest BCUT2D eigenvalue weighted by Crippen LogP contribution is -2.57. The number of anilines is 3. The molecule has 0 bridgehead atoms. The molecule has 4 heterocycles. The average molecular weight is 629 g/mol. The van der Waals surface area contributed by atoms with E-state index in [1.807, 2.05) is 0 Å². The monoisotopic (exact) mass is 628 g/mol. The molecule has 0 aliphatic heterocycles. The van der Waals surface area contributed by atoms with E-state index in [0.29, 0.717) is 9.95 Å². The van der Waals surface area contributed by atoms with Crippen LogP contribution in [0.25, 0.3) is 22.1 Å². The van der Waals surface area contributed by atoms with E-state index in [4.69, 9.17) is 16.0 Å². The molecule has 2 aliphatic carbocycles. The van der Waals surface area contributed by atoms with Crippen LogP contribution in [-0.4, -0.2) is 80.4 Å². The van der Waals surface area contributed by atoms with E-state index in [2.05, 4.69) is 30.4 Å². The lowest BCUT2D eigenvalue weighted by Gasteiger charge is -2.41. The molecule has 45 heavy (non-hydrogen) atoms. The number of alkyl carbamates (subject to hydrolysis) is 1. The van der Waals surface area contributed by atoms with E-state index in [1.165, 1.54) is 48.8 Å². The van der Waals surface area contributed by atoms with Crippen molar-refractivity contribution in [3.63, 3.8) is 0 Å². The molecule has 3 amide bonds. The summed E-state index contributed by atoms with van der Waals surface area (Å²) in [4.78, 5) is 60.5. The molecule has 4 aromatic heterocycles. The molecule has 0 unspecified atom stereocenters. The van der Waals surface area contributed by atoms with E-state index >= 15 is 0 Å². The number of alkyl halides is 1. The van der Waals surface area contributed by atoms with Gasteiger partial charge in [-0.2, -0.15) is 5.10 Å². The van der Waals surface area contributed by atoms with Gasteiger partial charge in [0, 0.05) is 49.1 Å². The topological polar surface area (TPSA) is 194 Å². The van der Waals surface area contributed by atoms with E-state index in [9.17, 15) is 23.6 Å². The number of carbonyl (C=O) groups is 3. The Morgan fingerprint density at radius 3 is 2.64 bits per heavy atom. The van der Waals surface area contributed by atoms with Crippen molar-refractivity contribution in [2.45, 2.75) is 55.9 Å². The van der Waals surface area contributed by atoms with Crippen molar-refractivity contribution >= 4 is 57.6 Å². The predicted octanol–water partition coefficient (Wildman–Crippen LogP) is 2.19. The Bertz CT molecular complexity index is 2060. The number of aryl methyl sites for hydroxylation is 1. The van der Waals surface area contributed by atoms with Gasteiger partial charge in [-0.05, 0) is 31.4 Å². The summed E-state index contributed by atoms with van der Waals surface area (Å²) in [5.74, 6) is -0.427. The van der Waals surface area contributed by atoms with Crippen molar-refractivity contribution in [1.82, 2.24) is 34.2 Å². The minimum Gasteiger partial charge on any atom is -0.453 e. The Morgan fingerprint density at radius 1 is 1.20 bits per heavy atom. The molecule has 2 atom stereocenters. The van der Waals surface area contributed by atoms with E-state index in [1.54, 1.807) is 6.07 Å². The van der Waals surface area contributed by atoms with E-state index in [-0.39, 0.29) is 66.2 Å². The molecule has 238 valence electrons. The van der Waals surface area contributed by atoms with Gasteiger partial charge in [0.25, 0.3) is 0 Å². The summed E-state index contributed by atoms with van der Waals surface area (Å²) in [6, 6.07) is 2.47. The summed E-state index contributed by atoms with van der Waals surface area (Å²) in [5.41, 5.74) is 3.67. The number of fused-ring (bicyclic) bond motifs is 2. The number of pyridine rings is 2. The number of amides is 3. The molecule has 17 heteroatoms. The third-order valence-electron chi connectivity index (χ3n) is 8.37. The van der Waals surface area contributed by atoms with Crippen LogP contribution < -0.4 is 27.0 Å². The van der Waals surface area contributed by atoms with Crippen LogP contribution in [0.1, 0.15) is 43.6 Å². The van der Waals surface area contributed by atoms with Crippen molar-refractivity contribution in [3.8, 4) is 0 Å². The number of imidazole rings is 1. The van der Waals surface area contributed by atoms with Crippen LogP contribution in [0.4, 0.5) is 31.4 Å². The van der Waals surface area contributed by atoms with Gasteiger partial charge in [-0.1, -0.05) is 0 Å². The number of carbonyl (C=O) groups excluding carboxylic acids is 3. The minimum atomic E-state index is -2.85. The number of methoxy groups -OCH3 is 2. The fraction of sp³-hybridized carbons (Fsp3) is 0.464. The second kappa shape index (κ2) is 11.0. The summed E-state index contributed by atoms with van der Waals surface area (Å²) in [6.45, 7) is -2.85. The molecule has 0 saturated heterocycles. The molecule has 0 spiro atoms. The molecule has 6 rings (SSSR count). The van der Waals surface area contributed by atoms with Crippen LogP contribution in [0.3, 0.4) is 0 Å². The molecule has 4 N–H and O–H groups in total. The summed E-state index contributed by atoms with van der Waals surface area (Å²) in [7, 11) is 3.77. The number of nitrogens with zero attached hydrogens (tertiary/aromatic N) is 7. The lowest BCUT2D eigenvalue weighted by atomic mass is 9.74. The Morgan fingerprint density at radius 2 is 1.98 bits per heavy atom. The predicted molar refractivity (Wildman–Crippen MR) is 160 cm³/mol. The van der Waals surface area contributed by atoms with E-state index in [0.717, 1.165) is 4.90 Å². The number of nitrogens with one attached hydrogen (secondary N) is 2. The van der Waals surface area contributed by atoms with Gasteiger partial charge in [0.1, 0.15) is 23.3 Å². The Labute approximate surface area is 260 Å². The standard InChI is InChI=1S/C28H33FN10O6/c1-36-19-13-31-21(10-18(19)38(26(36)42)16-6-5-15(9-16)32-25(41)44-3)33-20-8-7-17-22(34-20)39(28(24(30)40)11-14(29)12-28)35-23(17)37(2)27(43)45-4/h7-8,10,13-16H,5-6,9,11-12H2,1-4H3,(H2,30,40)(H,32,41)(H,31,33,34)/t14?,15-,16-,28?/m1/s1/i1D3,15D. The van der Waals surface area contributed by atoms with Crippen molar-refractivity contribution in [2.24, 2.45) is 12.7 Å². The molecular formula is C28H33FN10O6. The lowest BCUT2D eigenvalue weighted by molar-refractivity contribution is -0.135. The van der Waals surface area contributed by atoms with Crippen molar-refractivity contribution in [3.05, 3.63) is 34.9 Å². The van der Waals surface area contributed by atoms with Crippen molar-refractivity contribution < 1.29 is 33.7 Å². The first-order valence-electron chi connectivity index (χ1n) is 15.9. The van der Waals surface area contributed by atoms with Crippen LogP contribution in [0.2, 0.25) is 0 Å². The summed E-state index contributed by atoms with van der Waals surface area (Å²) < 4.78 is 59.5. The summed E-state index contributed by atoms with van der Waals surface area (Å²) in [6.07, 6.45) is -1.67. The zero-order valence-electron chi connectivity index (χ0n) is 28.5. The van der Waals surface area contributed by atoms with Gasteiger partial charge in [-0.25, -0.2) is 33.4 Å². The van der Waals surface area contributed by atoms with Crippen LogP contribution in [0.15, 0.2) is 29.2 Å². The zero-order chi connectivity index (χ0) is 35.6. The van der Waals surface area contributed by atoms with Gasteiger partial charge in [0.15, 0.2) is 11.5 Å². The quantitative estimate of drug-likeness (QED) is 0.273. The Hall–Kier alpha value is -5.22. The number of hydrogen-bond donors (Lipinski definition) is 3. The number of aromatic nitrogens is 6. The first-order valence-corrected chi connectivity index (χ1v) is 13.9. The highest BCUT2D eigenvalue weighted by atomic mass is 19.1. The van der Waals surface area contributed by atoms with Gasteiger partial charge < -0.3 is 25.8 Å². The van der Waals surface area contributed by atoms with Gasteiger partial charge in [0.2, 0.25) is 5.91 Å². The van der Waals surface area contributed by atoms with Gasteiger partial charge in [0.05, 0.1) is 38.2 Å². The third-order valence-corrected chi connectivity index (χ3v) is 8.37. The Balaban J connectivity index is 1.43. The maximum Gasteiger partial charge on any atom is 0.414 e. The number of ether oxygens (including phenoxy) is 2. The van der Waals surface area contributed by atoms with Crippen LogP contribution >= 0.6 is 0 Å². The van der Waals surface area contributed by atoms with E-state index < -0.39 is 54.5 Å². The minimum absolute atomic E-state index is 0.000872. The SMILES string of the molecule is [2H]C([2H])([2H])n1c(=O)n([C@@H]2CC[C@@]([2H])(NC(=O)OC)C2)c2cc(Nc3ccc4c(N(C)C(=O)OC)nn(C5(C(N)=O)CC(F)C5)c4n3)ncc21. The van der Waals surface area contributed by atoms with Gasteiger partial charge in [-0.3, -0.25) is 18.8 Å². The molecule has 16 nitrogen and oxygen atoms in total. The second-order valence-corrected chi connectivity index (χ2v) is 11.0. The number of rotatable bonds is 7. The highest BCUT2D eigenvalue weighted by Gasteiger charge is 2.53. The molecule has 0 radical (unpaired) electrons. The van der Waals surface area contributed by atoms with Gasteiger partial charge >= 0.3 is 17.9 Å². The molecule has 4 aromatic rings. The molecule has 2 aliphatic rings. The van der Waals surface area contributed by atoms with Crippen molar-refractivity contribution in [1.29, 1.82) is 0 Å². The first-order chi connectivity index (χ1) is 23.0. The Kier molecular flexibility index (Phi) is 6.17. The number of primary amides is 1. The van der Waals surface area contributed by atoms with Crippen LogP contribution in [0.5, 0.6) is 0 Å². The first kappa shape index (κ1) is 25.1. The molecule has 2 fully saturated rings. The zero-order valence-corrected chi connectivity index (χ0v) is 24.5. The van der Waals surface area contributed by atoms with Crippen LogP contribution in [0, 0.1) is 0 Å². The maximum absolute atomic E-state index is 14.2. The fourth-order valence-electron chi connectivity index (χ4n) is 6.00. The molecule has 2 saturated carbocycles. The maximum atomic E-state index is 14.2. The summed E-state index contributed by atoms with van der Waals surface area (Å²) >= 11 is 0. The highest BCUT2D eigenvalue weighted by molar-refractivity contribution is 5.99. The molecular weight excluding hydrogens is 591 g/mol. The third kappa shape index (κ3) is 4.87. The van der Waals surface area contributed by atoms with Crippen molar-refractivity contribution in [2.75, 3.05) is 31.5 Å². The van der Waals surface area contributed by atoms with Gasteiger partial charge in [-0.15, -0.1) is 0 Å². The second-order valence-electron chi connectivity index (χ2n) is 11.0. The number of hydrogen-bond acceptors (Lipinski definition) is 10. The molecule has 0 aromatic carbocycles. The number of halogens is 1. The fourth-order valence-corrected chi connectivity index (χ4v) is 6.00. The summed E-state index contributed by atoms with van der Waals surface area (Å²) in [5, 5.41) is 10.3. The van der Waals surface area contributed by atoms with Crippen LogP contribution in [-0.2, 0) is 26.8 Å². The average Bonchev–Trinajstić information content (AvgIpc) is 3.68. The highest BCUT2D eigenvalue weighted by Crippen LogP contribution is 2.44. The normalized spacial score (nSPS) is 25.9.